The smallest absolute Gasteiger partial charge is 0.320 e. The summed E-state index contributed by atoms with van der Waals surface area (Å²) in [4.78, 5) is 16.9. The SMILES string of the molecule is CS(=O)(=O)N1CCN(C(=O)N2C[C@@H](CCOc3ccc(Cl)cc3)[C@@H](c3ccc(Cl)c(Cl)c3)C2)CC1. The maximum Gasteiger partial charge on any atom is 0.320 e. The van der Waals surface area contributed by atoms with E-state index in [2.05, 4.69) is 0 Å². The Morgan fingerprint density at radius 1 is 0.943 bits per heavy atom. The molecule has 2 saturated heterocycles. The van der Waals surface area contributed by atoms with E-state index >= 15 is 0 Å². The van der Waals surface area contributed by atoms with Crippen LogP contribution < -0.4 is 4.74 Å². The number of piperazine rings is 1. The van der Waals surface area contributed by atoms with E-state index in [1.807, 2.05) is 29.2 Å². The lowest BCUT2D eigenvalue weighted by molar-refractivity contribution is 0.140. The van der Waals surface area contributed by atoms with E-state index in [0.717, 1.165) is 17.7 Å². The number of rotatable bonds is 6. The highest BCUT2D eigenvalue weighted by Gasteiger charge is 2.38. The number of halogens is 3. The van der Waals surface area contributed by atoms with Crippen molar-refractivity contribution in [2.45, 2.75) is 12.3 Å². The van der Waals surface area contributed by atoms with E-state index < -0.39 is 10.0 Å². The van der Waals surface area contributed by atoms with Crippen molar-refractivity contribution in [3.63, 3.8) is 0 Å². The largest absolute Gasteiger partial charge is 0.494 e. The summed E-state index contributed by atoms with van der Waals surface area (Å²) in [6.07, 6.45) is 1.95. The van der Waals surface area contributed by atoms with Gasteiger partial charge in [0.1, 0.15) is 5.75 Å². The maximum absolute atomic E-state index is 13.3. The third-order valence-corrected chi connectivity index (χ3v) is 8.93. The van der Waals surface area contributed by atoms with Gasteiger partial charge in [-0.25, -0.2) is 13.2 Å². The molecule has 2 heterocycles. The Morgan fingerprint density at radius 2 is 1.63 bits per heavy atom. The molecule has 35 heavy (non-hydrogen) atoms. The van der Waals surface area contributed by atoms with Gasteiger partial charge in [0, 0.05) is 50.2 Å². The van der Waals surface area contributed by atoms with Gasteiger partial charge in [0.2, 0.25) is 10.0 Å². The second-order valence-corrected chi connectivity index (χ2v) is 12.2. The van der Waals surface area contributed by atoms with Gasteiger partial charge in [0.15, 0.2) is 0 Å². The average Bonchev–Trinajstić information content (AvgIpc) is 3.25. The summed E-state index contributed by atoms with van der Waals surface area (Å²) in [5.74, 6) is 0.996. The zero-order valence-corrected chi connectivity index (χ0v) is 22.5. The van der Waals surface area contributed by atoms with Crippen LogP contribution in [0.1, 0.15) is 17.9 Å². The Balaban J connectivity index is 1.44. The summed E-state index contributed by atoms with van der Waals surface area (Å²) in [6, 6.07) is 12.8. The van der Waals surface area contributed by atoms with Crippen LogP contribution in [-0.4, -0.2) is 80.7 Å². The maximum atomic E-state index is 13.3. The second-order valence-electron chi connectivity index (χ2n) is 8.97. The second kappa shape index (κ2) is 11.1. The summed E-state index contributed by atoms with van der Waals surface area (Å²) in [7, 11) is -3.25. The van der Waals surface area contributed by atoms with Crippen LogP contribution in [0.15, 0.2) is 42.5 Å². The minimum atomic E-state index is -3.25. The molecule has 2 aliphatic rings. The van der Waals surface area contributed by atoms with Crippen LogP contribution in [0.25, 0.3) is 0 Å². The molecule has 2 aromatic rings. The molecule has 11 heteroatoms. The highest BCUT2D eigenvalue weighted by Crippen LogP contribution is 2.38. The standard InChI is InChI=1S/C24H28Cl3N3O4S/c1-35(32,33)30-11-9-28(10-12-30)24(31)29-15-18(8-13-34-20-5-3-19(25)4-6-20)21(16-29)17-2-7-22(26)23(27)14-17/h2-7,14,18,21H,8-13,15-16H2,1H3/t18-,21-/m1/s1. The monoisotopic (exact) mass is 559 g/mol. The molecular formula is C24H28Cl3N3O4S. The van der Waals surface area contributed by atoms with Gasteiger partial charge in [-0.15, -0.1) is 0 Å². The van der Waals surface area contributed by atoms with Crippen molar-refractivity contribution in [2.24, 2.45) is 5.92 Å². The fourth-order valence-electron chi connectivity index (χ4n) is 4.71. The molecule has 2 aliphatic heterocycles. The zero-order valence-electron chi connectivity index (χ0n) is 19.4. The van der Waals surface area contributed by atoms with Gasteiger partial charge in [-0.1, -0.05) is 40.9 Å². The first-order valence-electron chi connectivity index (χ1n) is 11.4. The van der Waals surface area contributed by atoms with Gasteiger partial charge in [0.05, 0.1) is 22.9 Å². The van der Waals surface area contributed by atoms with E-state index in [-0.39, 0.29) is 17.9 Å². The number of sulfonamides is 1. The van der Waals surface area contributed by atoms with Gasteiger partial charge < -0.3 is 14.5 Å². The average molecular weight is 561 g/mol. The van der Waals surface area contributed by atoms with Crippen molar-refractivity contribution in [1.29, 1.82) is 0 Å². The van der Waals surface area contributed by atoms with Crippen LogP contribution in [-0.2, 0) is 10.0 Å². The normalized spacial score (nSPS) is 21.4. The van der Waals surface area contributed by atoms with Crippen molar-refractivity contribution in [1.82, 2.24) is 14.1 Å². The van der Waals surface area contributed by atoms with Crippen molar-refractivity contribution in [2.75, 3.05) is 52.1 Å². The number of hydrogen-bond acceptors (Lipinski definition) is 4. The summed E-state index contributed by atoms with van der Waals surface area (Å²) in [5.41, 5.74) is 1.04. The number of benzene rings is 2. The number of carbonyl (C=O) groups excluding carboxylic acids is 1. The number of hydrogen-bond donors (Lipinski definition) is 0. The van der Waals surface area contributed by atoms with Gasteiger partial charge >= 0.3 is 6.03 Å². The minimum absolute atomic E-state index is 0.0654. The molecule has 190 valence electrons. The number of urea groups is 1. The number of carbonyl (C=O) groups is 1. The molecule has 0 aromatic heterocycles. The molecule has 0 radical (unpaired) electrons. The number of ether oxygens (including phenoxy) is 1. The van der Waals surface area contributed by atoms with Gasteiger partial charge in [-0.05, 0) is 54.3 Å². The highest BCUT2D eigenvalue weighted by atomic mass is 35.5. The Hall–Kier alpha value is -1.71. The number of amides is 2. The van der Waals surface area contributed by atoms with Crippen LogP contribution in [0.3, 0.4) is 0 Å². The predicted octanol–water partition coefficient (Wildman–Crippen LogP) is 4.83. The van der Waals surface area contributed by atoms with E-state index in [9.17, 15) is 13.2 Å². The molecule has 0 spiro atoms. The zero-order chi connectivity index (χ0) is 25.2. The molecule has 2 atom stereocenters. The van der Waals surface area contributed by atoms with Crippen molar-refractivity contribution < 1.29 is 17.9 Å². The third kappa shape index (κ3) is 6.54. The molecule has 2 fully saturated rings. The van der Waals surface area contributed by atoms with Gasteiger partial charge in [0.25, 0.3) is 0 Å². The number of nitrogens with zero attached hydrogens (tertiary/aromatic N) is 3. The first-order chi connectivity index (χ1) is 16.6. The molecule has 0 saturated carbocycles. The highest BCUT2D eigenvalue weighted by molar-refractivity contribution is 7.88. The van der Waals surface area contributed by atoms with Gasteiger partial charge in [-0.3, -0.25) is 0 Å². The molecule has 2 amide bonds. The van der Waals surface area contributed by atoms with Crippen LogP contribution in [0.4, 0.5) is 4.79 Å². The van der Waals surface area contributed by atoms with Crippen LogP contribution in [0.5, 0.6) is 5.75 Å². The summed E-state index contributed by atoms with van der Waals surface area (Å²) < 4.78 is 30.9. The predicted molar refractivity (Wildman–Crippen MR) is 139 cm³/mol. The molecule has 7 nitrogen and oxygen atoms in total. The molecule has 2 aromatic carbocycles. The Labute approximate surface area is 221 Å². The molecular weight excluding hydrogens is 533 g/mol. The van der Waals surface area contributed by atoms with E-state index in [1.165, 1.54) is 10.6 Å². The van der Waals surface area contributed by atoms with Gasteiger partial charge in [-0.2, -0.15) is 4.31 Å². The Kier molecular flexibility index (Phi) is 8.38. The fraction of sp³-hybridized carbons (Fsp3) is 0.458. The molecule has 0 aliphatic carbocycles. The topological polar surface area (TPSA) is 70.2 Å². The minimum Gasteiger partial charge on any atom is -0.494 e. The first-order valence-corrected chi connectivity index (χ1v) is 14.4. The van der Waals surface area contributed by atoms with E-state index in [4.69, 9.17) is 39.5 Å². The van der Waals surface area contributed by atoms with Crippen molar-refractivity contribution in [3.05, 3.63) is 63.1 Å². The fourth-order valence-corrected chi connectivity index (χ4v) is 5.97. The molecule has 0 bridgehead atoms. The Bertz CT molecular complexity index is 1160. The van der Waals surface area contributed by atoms with E-state index in [1.54, 1.807) is 23.1 Å². The summed E-state index contributed by atoms with van der Waals surface area (Å²) >= 11 is 18.4. The van der Waals surface area contributed by atoms with E-state index in [0.29, 0.717) is 60.9 Å². The number of likely N-dealkylation sites (tertiary alicyclic amines) is 1. The molecule has 4 rings (SSSR count). The Morgan fingerprint density at radius 3 is 2.26 bits per heavy atom. The third-order valence-electron chi connectivity index (χ3n) is 6.63. The molecule has 0 unspecified atom stereocenters. The lowest BCUT2D eigenvalue weighted by atomic mass is 9.87. The van der Waals surface area contributed by atoms with Crippen molar-refractivity contribution in [3.8, 4) is 5.75 Å². The quantitative estimate of drug-likeness (QED) is 0.508. The lowest BCUT2D eigenvalue weighted by Gasteiger charge is -2.35. The summed E-state index contributed by atoms with van der Waals surface area (Å²) in [6.45, 7) is 3.02. The van der Waals surface area contributed by atoms with Crippen LogP contribution in [0, 0.1) is 5.92 Å². The lowest BCUT2D eigenvalue weighted by Crippen LogP contribution is -2.53. The summed E-state index contributed by atoms with van der Waals surface area (Å²) in [5, 5.41) is 1.63. The first kappa shape index (κ1) is 26.4. The molecule has 0 N–H and O–H groups in total. The van der Waals surface area contributed by atoms with Crippen molar-refractivity contribution >= 4 is 50.9 Å². The van der Waals surface area contributed by atoms with Crippen LogP contribution >= 0.6 is 34.8 Å². The van der Waals surface area contributed by atoms with Crippen LogP contribution in [0.2, 0.25) is 15.1 Å².